The van der Waals surface area contributed by atoms with Crippen LogP contribution in [0.15, 0.2) is 33.6 Å². The third-order valence-electron chi connectivity index (χ3n) is 4.12. The molecule has 0 bridgehead atoms. The van der Waals surface area contributed by atoms with Crippen molar-refractivity contribution >= 4 is 31.9 Å². The highest BCUT2D eigenvalue weighted by atomic mass is 79.9. The van der Waals surface area contributed by atoms with Gasteiger partial charge in [0.2, 0.25) is 10.0 Å². The van der Waals surface area contributed by atoms with E-state index in [1.165, 1.54) is 12.1 Å². The predicted molar refractivity (Wildman–Crippen MR) is 82.5 cm³/mol. The molecule has 1 aliphatic carbocycles. The largest absolute Gasteiger partial charge is 0.481 e. The third kappa shape index (κ3) is 3.46. The van der Waals surface area contributed by atoms with Gasteiger partial charge in [0.25, 0.3) is 0 Å². The van der Waals surface area contributed by atoms with E-state index in [4.69, 9.17) is 0 Å². The normalized spacial score (nSPS) is 26.5. The van der Waals surface area contributed by atoms with Crippen LogP contribution in [0.4, 0.5) is 0 Å². The molecule has 0 spiro atoms. The molecular formula is C14H18BrNO4S. The Hall–Kier alpha value is -0.920. The fraction of sp³-hybridized carbons (Fsp3) is 0.500. The molecule has 1 aliphatic rings. The molecular weight excluding hydrogens is 358 g/mol. The fourth-order valence-electron chi connectivity index (χ4n) is 2.65. The zero-order valence-electron chi connectivity index (χ0n) is 11.7. The number of aliphatic carboxylic acids is 1. The molecule has 0 aliphatic heterocycles. The smallest absolute Gasteiger partial charge is 0.310 e. The molecule has 0 saturated heterocycles. The van der Waals surface area contributed by atoms with E-state index in [0.29, 0.717) is 12.8 Å². The number of hydrogen-bond donors (Lipinski definition) is 2. The number of carbonyl (C=O) groups is 1. The first kappa shape index (κ1) is 16.5. The van der Waals surface area contributed by atoms with E-state index < -0.39 is 27.4 Å². The molecule has 0 heterocycles. The lowest BCUT2D eigenvalue weighted by Crippen LogP contribution is -2.52. The summed E-state index contributed by atoms with van der Waals surface area (Å²) < 4.78 is 28.2. The fourth-order valence-corrected chi connectivity index (χ4v) is 4.29. The maximum atomic E-state index is 12.4. The molecule has 2 N–H and O–H groups in total. The van der Waals surface area contributed by atoms with Crippen LogP contribution in [0.25, 0.3) is 0 Å². The molecule has 2 atom stereocenters. The summed E-state index contributed by atoms with van der Waals surface area (Å²) in [5, 5.41) is 9.43. The lowest BCUT2D eigenvalue weighted by molar-refractivity contribution is -0.151. The van der Waals surface area contributed by atoms with Gasteiger partial charge in [-0.3, -0.25) is 4.79 Å². The lowest BCUT2D eigenvalue weighted by atomic mass is 9.72. The number of sulfonamides is 1. The van der Waals surface area contributed by atoms with Crippen molar-refractivity contribution in [1.82, 2.24) is 4.72 Å². The van der Waals surface area contributed by atoms with Crippen LogP contribution in [0.5, 0.6) is 0 Å². The molecule has 1 fully saturated rings. The van der Waals surface area contributed by atoms with E-state index in [1.54, 1.807) is 19.1 Å². The molecule has 1 aromatic carbocycles. The van der Waals surface area contributed by atoms with Gasteiger partial charge >= 0.3 is 5.97 Å². The minimum atomic E-state index is -3.72. The van der Waals surface area contributed by atoms with Gasteiger partial charge in [-0.25, -0.2) is 13.1 Å². The topological polar surface area (TPSA) is 83.5 Å². The Bertz CT molecular complexity index is 629. The van der Waals surface area contributed by atoms with Gasteiger partial charge in [-0.15, -0.1) is 0 Å². The molecule has 5 nitrogen and oxygen atoms in total. The number of benzene rings is 1. The molecule has 116 valence electrons. The van der Waals surface area contributed by atoms with E-state index >= 15 is 0 Å². The van der Waals surface area contributed by atoms with Crippen molar-refractivity contribution < 1.29 is 18.3 Å². The van der Waals surface area contributed by atoms with Crippen molar-refractivity contribution in [2.24, 2.45) is 5.41 Å². The maximum Gasteiger partial charge on any atom is 0.310 e. The Morgan fingerprint density at radius 3 is 2.52 bits per heavy atom. The van der Waals surface area contributed by atoms with E-state index in [1.807, 2.05) is 0 Å². The average molecular weight is 376 g/mol. The van der Waals surface area contributed by atoms with Crippen LogP contribution >= 0.6 is 15.9 Å². The van der Waals surface area contributed by atoms with Gasteiger partial charge < -0.3 is 5.11 Å². The Morgan fingerprint density at radius 2 is 1.95 bits per heavy atom. The first-order valence-corrected chi connectivity index (χ1v) is 9.04. The van der Waals surface area contributed by atoms with Crippen LogP contribution in [0.1, 0.15) is 32.6 Å². The average Bonchev–Trinajstić information content (AvgIpc) is 2.41. The van der Waals surface area contributed by atoms with Crippen LogP contribution in [0, 0.1) is 5.41 Å². The molecule has 0 amide bonds. The van der Waals surface area contributed by atoms with Crippen molar-refractivity contribution in [2.45, 2.75) is 43.5 Å². The Morgan fingerprint density at radius 1 is 1.33 bits per heavy atom. The number of halogens is 1. The molecule has 2 unspecified atom stereocenters. The van der Waals surface area contributed by atoms with Gasteiger partial charge in [-0.05, 0) is 44.0 Å². The van der Waals surface area contributed by atoms with Crippen LogP contribution in [-0.2, 0) is 14.8 Å². The Labute approximate surface area is 132 Å². The van der Waals surface area contributed by atoms with Crippen LogP contribution < -0.4 is 4.72 Å². The van der Waals surface area contributed by atoms with Crippen molar-refractivity contribution in [3.05, 3.63) is 28.7 Å². The first-order valence-electron chi connectivity index (χ1n) is 6.77. The van der Waals surface area contributed by atoms with Crippen LogP contribution in [0.2, 0.25) is 0 Å². The molecule has 21 heavy (non-hydrogen) atoms. The van der Waals surface area contributed by atoms with Gasteiger partial charge in [0, 0.05) is 10.5 Å². The summed E-state index contributed by atoms with van der Waals surface area (Å²) in [6, 6.07) is 5.69. The van der Waals surface area contributed by atoms with E-state index in [2.05, 4.69) is 20.7 Å². The molecule has 1 aromatic rings. The van der Waals surface area contributed by atoms with Crippen molar-refractivity contribution in [2.75, 3.05) is 0 Å². The third-order valence-corrected chi connectivity index (χ3v) is 6.13. The second-order valence-corrected chi connectivity index (χ2v) is 8.23. The standard InChI is InChI=1S/C14H18BrNO4S/c1-14(13(17)18)9-3-2-4-12(14)16-21(19,20)11-7-5-10(15)6-8-11/h5-8,12,16H,2-4,9H2,1H3,(H,17,18). The first-order chi connectivity index (χ1) is 9.75. The highest BCUT2D eigenvalue weighted by Crippen LogP contribution is 2.37. The SMILES string of the molecule is CC1(C(=O)O)CCCCC1NS(=O)(=O)c1ccc(Br)cc1. The summed E-state index contributed by atoms with van der Waals surface area (Å²) >= 11 is 3.25. The number of hydrogen-bond acceptors (Lipinski definition) is 3. The number of carboxylic acids is 1. The molecule has 0 aromatic heterocycles. The summed E-state index contributed by atoms with van der Waals surface area (Å²) in [4.78, 5) is 11.7. The van der Waals surface area contributed by atoms with Crippen molar-refractivity contribution in [3.63, 3.8) is 0 Å². The minimum absolute atomic E-state index is 0.143. The van der Waals surface area contributed by atoms with Crippen LogP contribution in [0.3, 0.4) is 0 Å². The Balaban J connectivity index is 2.26. The van der Waals surface area contributed by atoms with E-state index in [-0.39, 0.29) is 4.90 Å². The number of carboxylic acid groups (broad SMARTS) is 1. The zero-order chi connectivity index (χ0) is 15.7. The maximum absolute atomic E-state index is 12.4. The summed E-state index contributed by atoms with van der Waals surface area (Å²) in [6.07, 6.45) is 2.66. The zero-order valence-corrected chi connectivity index (χ0v) is 14.1. The lowest BCUT2D eigenvalue weighted by Gasteiger charge is -2.38. The van der Waals surface area contributed by atoms with Gasteiger partial charge in [0.15, 0.2) is 0 Å². The minimum Gasteiger partial charge on any atom is -0.481 e. The number of nitrogens with one attached hydrogen (secondary N) is 1. The molecule has 7 heteroatoms. The highest BCUT2D eigenvalue weighted by Gasteiger charge is 2.44. The van der Waals surface area contributed by atoms with Gasteiger partial charge in [0.1, 0.15) is 0 Å². The quantitative estimate of drug-likeness (QED) is 0.847. The van der Waals surface area contributed by atoms with Crippen molar-refractivity contribution in [1.29, 1.82) is 0 Å². The van der Waals surface area contributed by atoms with E-state index in [9.17, 15) is 18.3 Å². The second kappa shape index (κ2) is 6.06. The summed E-state index contributed by atoms with van der Waals surface area (Å²) in [5.74, 6) is -0.953. The predicted octanol–water partition coefficient (Wildman–Crippen LogP) is 2.76. The van der Waals surface area contributed by atoms with Gasteiger partial charge in [-0.2, -0.15) is 0 Å². The Kier molecular flexibility index (Phi) is 4.75. The summed E-state index contributed by atoms with van der Waals surface area (Å²) in [7, 11) is -3.72. The molecule has 2 rings (SSSR count). The molecule has 0 radical (unpaired) electrons. The highest BCUT2D eigenvalue weighted by molar-refractivity contribution is 9.10. The summed E-state index contributed by atoms with van der Waals surface area (Å²) in [5.41, 5.74) is -1.05. The molecule has 1 saturated carbocycles. The van der Waals surface area contributed by atoms with Gasteiger partial charge in [0.05, 0.1) is 10.3 Å². The van der Waals surface area contributed by atoms with E-state index in [0.717, 1.165) is 17.3 Å². The number of rotatable bonds is 4. The monoisotopic (exact) mass is 375 g/mol. The van der Waals surface area contributed by atoms with Crippen LogP contribution in [-0.4, -0.2) is 25.5 Å². The van der Waals surface area contributed by atoms with Gasteiger partial charge in [-0.1, -0.05) is 28.8 Å². The van der Waals surface area contributed by atoms with Crippen molar-refractivity contribution in [3.8, 4) is 0 Å². The second-order valence-electron chi connectivity index (χ2n) is 5.60. The summed E-state index contributed by atoms with van der Waals surface area (Å²) in [6.45, 7) is 1.61.